The number of hydrogen-bond donors (Lipinski definition) is 0. The lowest BCUT2D eigenvalue weighted by Crippen LogP contribution is -2.08. The highest BCUT2D eigenvalue weighted by Gasteiger charge is 2.20. The first-order chi connectivity index (χ1) is 13.1. The van der Waals surface area contributed by atoms with E-state index in [1.54, 1.807) is 0 Å². The Bertz CT molecular complexity index is 1280. The first-order valence-corrected chi connectivity index (χ1v) is 9.37. The van der Waals surface area contributed by atoms with Crippen LogP contribution in [-0.4, -0.2) is 43.3 Å². The zero-order valence-electron chi connectivity index (χ0n) is 15.2. The maximum atomic E-state index is 4.80. The minimum atomic E-state index is 0.701. The Labute approximate surface area is 159 Å². The van der Waals surface area contributed by atoms with Crippen molar-refractivity contribution in [3.8, 4) is 22.1 Å². The summed E-state index contributed by atoms with van der Waals surface area (Å²) in [4.78, 5) is 7.47. The van der Waals surface area contributed by atoms with Gasteiger partial charge in [-0.1, -0.05) is 29.5 Å². The molecule has 0 radical (unpaired) electrons. The number of fused-ring (bicyclic) bond motifs is 2. The summed E-state index contributed by atoms with van der Waals surface area (Å²) in [6.45, 7) is 1.98. The van der Waals surface area contributed by atoms with Crippen molar-refractivity contribution in [2.75, 3.05) is 19.0 Å². The second-order valence-corrected chi connectivity index (χ2v) is 7.50. The highest BCUT2D eigenvalue weighted by Crippen LogP contribution is 2.31. The molecule has 0 spiro atoms. The van der Waals surface area contributed by atoms with Gasteiger partial charge in [0, 0.05) is 31.5 Å². The zero-order valence-corrected chi connectivity index (χ0v) is 16.0. The highest BCUT2D eigenvalue weighted by molar-refractivity contribution is 7.19. The number of benzene rings is 1. The summed E-state index contributed by atoms with van der Waals surface area (Å²) < 4.78 is 3.84. The summed E-state index contributed by atoms with van der Waals surface area (Å²) in [6.07, 6.45) is 1.99. The number of rotatable bonds is 3. The van der Waals surface area contributed by atoms with Crippen LogP contribution in [0.1, 0.15) is 5.69 Å². The average Bonchev–Trinajstić information content (AvgIpc) is 3.33. The van der Waals surface area contributed by atoms with E-state index in [1.165, 1.54) is 11.3 Å². The van der Waals surface area contributed by atoms with Crippen molar-refractivity contribution in [2.24, 2.45) is 0 Å². The lowest BCUT2D eigenvalue weighted by Gasteiger charge is -2.12. The first-order valence-electron chi connectivity index (χ1n) is 8.56. The first kappa shape index (κ1) is 16.0. The van der Waals surface area contributed by atoms with E-state index in [0.29, 0.717) is 5.82 Å². The third-order valence-electron chi connectivity index (χ3n) is 4.52. The summed E-state index contributed by atoms with van der Waals surface area (Å²) in [5, 5.41) is 14.4. The van der Waals surface area contributed by atoms with Gasteiger partial charge in [-0.2, -0.15) is 9.61 Å². The summed E-state index contributed by atoms with van der Waals surface area (Å²) >= 11 is 1.53. The van der Waals surface area contributed by atoms with E-state index < -0.39 is 0 Å². The number of anilines is 1. The van der Waals surface area contributed by atoms with Crippen molar-refractivity contribution < 1.29 is 0 Å². The molecule has 8 heteroatoms. The van der Waals surface area contributed by atoms with Crippen LogP contribution >= 0.6 is 11.3 Å². The fourth-order valence-corrected chi connectivity index (χ4v) is 4.02. The number of aryl methyl sites for hydroxylation is 1. The molecule has 4 heterocycles. The van der Waals surface area contributed by atoms with Crippen molar-refractivity contribution in [1.29, 1.82) is 0 Å². The smallest absolute Gasteiger partial charge is 0.235 e. The number of nitrogens with zero attached hydrogens (tertiary/aromatic N) is 7. The third-order valence-corrected chi connectivity index (χ3v) is 5.46. The molecule has 0 aliphatic heterocycles. The van der Waals surface area contributed by atoms with Gasteiger partial charge in [-0.05, 0) is 31.2 Å². The lowest BCUT2D eigenvalue weighted by molar-refractivity contribution is 0.954. The molecule has 5 aromatic rings. The van der Waals surface area contributed by atoms with Crippen LogP contribution in [0.2, 0.25) is 0 Å². The molecule has 0 saturated carbocycles. The van der Waals surface area contributed by atoms with E-state index in [-0.39, 0.29) is 0 Å². The Morgan fingerprint density at radius 1 is 1.04 bits per heavy atom. The van der Waals surface area contributed by atoms with Gasteiger partial charge in [0.25, 0.3) is 0 Å². The molecule has 0 atom stereocenters. The molecule has 0 amide bonds. The maximum absolute atomic E-state index is 4.80. The molecule has 4 aromatic heterocycles. The van der Waals surface area contributed by atoms with Crippen LogP contribution in [0.3, 0.4) is 0 Å². The van der Waals surface area contributed by atoms with Gasteiger partial charge in [-0.25, -0.2) is 4.98 Å². The lowest BCUT2D eigenvalue weighted by atomic mass is 10.2. The molecule has 0 unspecified atom stereocenters. The topological polar surface area (TPSA) is 63.6 Å². The van der Waals surface area contributed by atoms with E-state index in [9.17, 15) is 0 Å². The summed E-state index contributed by atoms with van der Waals surface area (Å²) in [5.74, 6) is 0.701. The predicted molar refractivity (Wildman–Crippen MR) is 107 cm³/mol. The summed E-state index contributed by atoms with van der Waals surface area (Å²) in [7, 11) is 4.06. The van der Waals surface area contributed by atoms with Crippen LogP contribution in [0.25, 0.3) is 32.7 Å². The van der Waals surface area contributed by atoms with Crippen LogP contribution in [0.15, 0.2) is 48.7 Å². The normalized spacial score (nSPS) is 11.5. The van der Waals surface area contributed by atoms with Crippen LogP contribution in [-0.2, 0) is 0 Å². The molecule has 1 aromatic carbocycles. The SMILES string of the molecule is Cc1nc2ccccn2c1-c1nnc2sc(-c3cccc(N(C)C)c3)nn12. The minimum Gasteiger partial charge on any atom is -0.378 e. The van der Waals surface area contributed by atoms with Gasteiger partial charge in [0.1, 0.15) is 16.3 Å². The standard InChI is InChI=1S/C19H17N7S/c1-12-16(25-10-5-4-9-15(25)20-12)17-21-22-19-26(17)23-18(27-19)13-7-6-8-14(11-13)24(2)3/h4-11H,1-3H3. The van der Waals surface area contributed by atoms with Gasteiger partial charge in [0.15, 0.2) is 0 Å². The number of aromatic nitrogens is 6. The van der Waals surface area contributed by atoms with Gasteiger partial charge in [-0.15, -0.1) is 10.2 Å². The van der Waals surface area contributed by atoms with Gasteiger partial charge < -0.3 is 4.90 Å². The molecule has 134 valence electrons. The van der Waals surface area contributed by atoms with Gasteiger partial charge in [0.2, 0.25) is 10.8 Å². The molecule has 0 bridgehead atoms. The van der Waals surface area contributed by atoms with Crippen molar-refractivity contribution in [3.05, 3.63) is 54.4 Å². The molecule has 0 saturated heterocycles. The predicted octanol–water partition coefficient (Wildman–Crippen LogP) is 3.54. The largest absolute Gasteiger partial charge is 0.378 e. The Morgan fingerprint density at radius 3 is 2.78 bits per heavy atom. The monoisotopic (exact) mass is 375 g/mol. The second kappa shape index (κ2) is 5.88. The van der Waals surface area contributed by atoms with Gasteiger partial charge in [0.05, 0.1) is 5.69 Å². The van der Waals surface area contributed by atoms with Crippen LogP contribution < -0.4 is 4.90 Å². The second-order valence-electron chi connectivity index (χ2n) is 6.54. The molecule has 0 fully saturated rings. The number of imidazole rings is 1. The van der Waals surface area contributed by atoms with Crippen molar-refractivity contribution in [1.82, 2.24) is 29.2 Å². The Morgan fingerprint density at radius 2 is 1.93 bits per heavy atom. The fraction of sp³-hybridized carbons (Fsp3) is 0.158. The van der Waals surface area contributed by atoms with E-state index >= 15 is 0 Å². The molecular weight excluding hydrogens is 358 g/mol. The Kier molecular flexibility index (Phi) is 3.48. The fourth-order valence-electron chi connectivity index (χ4n) is 3.18. The number of pyridine rings is 1. The minimum absolute atomic E-state index is 0.701. The van der Waals surface area contributed by atoms with E-state index in [4.69, 9.17) is 5.10 Å². The third kappa shape index (κ3) is 2.48. The number of hydrogen-bond acceptors (Lipinski definition) is 6. The van der Waals surface area contributed by atoms with Crippen molar-refractivity contribution in [2.45, 2.75) is 6.92 Å². The van der Waals surface area contributed by atoms with Gasteiger partial charge >= 0.3 is 0 Å². The van der Waals surface area contributed by atoms with Crippen LogP contribution in [0.5, 0.6) is 0 Å². The average molecular weight is 375 g/mol. The Hall–Kier alpha value is -3.26. The highest BCUT2D eigenvalue weighted by atomic mass is 32.1. The molecule has 7 nitrogen and oxygen atoms in total. The maximum Gasteiger partial charge on any atom is 0.235 e. The summed E-state index contributed by atoms with van der Waals surface area (Å²) in [5.41, 5.74) is 4.90. The van der Waals surface area contributed by atoms with E-state index in [1.807, 2.05) is 60.4 Å². The van der Waals surface area contributed by atoms with E-state index in [0.717, 1.165) is 38.3 Å². The molecule has 0 N–H and O–H groups in total. The molecule has 5 rings (SSSR count). The van der Waals surface area contributed by atoms with Crippen LogP contribution in [0.4, 0.5) is 5.69 Å². The van der Waals surface area contributed by atoms with E-state index in [2.05, 4.69) is 38.3 Å². The molecule has 0 aliphatic carbocycles. The molecule has 0 aliphatic rings. The summed E-state index contributed by atoms with van der Waals surface area (Å²) in [6, 6.07) is 14.3. The Balaban J connectivity index is 1.68. The zero-order chi connectivity index (χ0) is 18.5. The quantitative estimate of drug-likeness (QED) is 0.483. The van der Waals surface area contributed by atoms with Gasteiger partial charge in [-0.3, -0.25) is 4.40 Å². The van der Waals surface area contributed by atoms with Crippen molar-refractivity contribution in [3.63, 3.8) is 0 Å². The van der Waals surface area contributed by atoms with Crippen molar-refractivity contribution >= 4 is 27.6 Å². The van der Waals surface area contributed by atoms with Crippen LogP contribution in [0, 0.1) is 6.92 Å². The molecule has 27 heavy (non-hydrogen) atoms. The molecular formula is C19H17N7S.